The average molecular weight is 338 g/mol. The summed E-state index contributed by atoms with van der Waals surface area (Å²) in [5.41, 5.74) is 4.04. The Morgan fingerprint density at radius 3 is 2.45 bits per heavy atom. The molecule has 0 saturated carbocycles. The van der Waals surface area contributed by atoms with Gasteiger partial charge in [-0.3, -0.25) is 0 Å². The third-order valence-electron chi connectivity index (χ3n) is 4.61. The Labute approximate surface area is 128 Å². The van der Waals surface area contributed by atoms with E-state index in [4.69, 9.17) is 9.47 Å². The molecule has 0 spiro atoms. The second-order valence-corrected chi connectivity index (χ2v) is 7.05. The maximum absolute atomic E-state index is 6.17. The lowest BCUT2D eigenvalue weighted by Crippen LogP contribution is -2.16. The molecule has 3 aliphatic rings. The van der Waals surface area contributed by atoms with Gasteiger partial charge >= 0.3 is 0 Å². The Balaban J connectivity index is 1.92. The van der Waals surface area contributed by atoms with Gasteiger partial charge in [0.15, 0.2) is 0 Å². The van der Waals surface area contributed by atoms with Crippen LogP contribution in [0.25, 0.3) is 0 Å². The fraction of sp³-hybridized carbons (Fsp3) is 0.625. The molecule has 3 nitrogen and oxygen atoms in total. The molecule has 3 aliphatic heterocycles. The Bertz CT molecular complexity index is 527. The molecule has 3 heterocycles. The van der Waals surface area contributed by atoms with Gasteiger partial charge in [-0.05, 0) is 49.2 Å². The number of ether oxygens (including phenoxy) is 2. The van der Waals surface area contributed by atoms with E-state index >= 15 is 0 Å². The van der Waals surface area contributed by atoms with Gasteiger partial charge in [-0.1, -0.05) is 0 Å². The molecular formula is C16H20BrNO2. The number of halogens is 1. The summed E-state index contributed by atoms with van der Waals surface area (Å²) in [6, 6.07) is 0.435. The van der Waals surface area contributed by atoms with Gasteiger partial charge in [0.05, 0.1) is 4.47 Å². The van der Waals surface area contributed by atoms with E-state index in [1.807, 2.05) is 0 Å². The summed E-state index contributed by atoms with van der Waals surface area (Å²) in [4.78, 5) is 0. The van der Waals surface area contributed by atoms with E-state index in [1.54, 1.807) is 0 Å². The molecule has 1 aromatic rings. The summed E-state index contributed by atoms with van der Waals surface area (Å²) in [5.74, 6) is 2.19. The van der Waals surface area contributed by atoms with Gasteiger partial charge in [0.1, 0.15) is 23.7 Å². The molecule has 3 atom stereocenters. The maximum atomic E-state index is 6.17. The minimum absolute atomic E-state index is 0.265. The summed E-state index contributed by atoms with van der Waals surface area (Å²) in [6.07, 6.45) is 4.94. The SMILES string of the molecule is CC1Cc2c(c(Br)c3c(c2C2CCCN2)OC(C)C3)O1. The van der Waals surface area contributed by atoms with Crippen molar-refractivity contribution < 1.29 is 9.47 Å². The van der Waals surface area contributed by atoms with Gasteiger partial charge in [0, 0.05) is 35.6 Å². The largest absolute Gasteiger partial charge is 0.490 e. The minimum Gasteiger partial charge on any atom is -0.490 e. The van der Waals surface area contributed by atoms with Crippen molar-refractivity contribution >= 4 is 15.9 Å². The van der Waals surface area contributed by atoms with Crippen LogP contribution in [0.4, 0.5) is 0 Å². The average Bonchev–Trinajstić information content (AvgIpc) is 3.09. The van der Waals surface area contributed by atoms with Crippen LogP contribution >= 0.6 is 15.9 Å². The Morgan fingerprint density at radius 2 is 1.75 bits per heavy atom. The molecule has 0 bridgehead atoms. The minimum atomic E-state index is 0.265. The number of hydrogen-bond donors (Lipinski definition) is 1. The summed E-state index contributed by atoms with van der Waals surface area (Å²) in [7, 11) is 0. The van der Waals surface area contributed by atoms with Crippen LogP contribution in [0.3, 0.4) is 0 Å². The summed E-state index contributed by atoms with van der Waals surface area (Å²) in [6.45, 7) is 5.40. The van der Waals surface area contributed by atoms with Crippen LogP contribution in [-0.2, 0) is 12.8 Å². The molecule has 1 saturated heterocycles. The first-order valence-corrected chi connectivity index (χ1v) is 8.38. The van der Waals surface area contributed by atoms with Crippen LogP contribution < -0.4 is 14.8 Å². The lowest BCUT2D eigenvalue weighted by Gasteiger charge is -2.20. The molecule has 20 heavy (non-hydrogen) atoms. The van der Waals surface area contributed by atoms with Gasteiger partial charge in [-0.15, -0.1) is 0 Å². The van der Waals surface area contributed by atoms with Crippen LogP contribution in [-0.4, -0.2) is 18.8 Å². The number of rotatable bonds is 1. The van der Waals surface area contributed by atoms with Gasteiger partial charge in [-0.25, -0.2) is 0 Å². The van der Waals surface area contributed by atoms with E-state index < -0.39 is 0 Å². The van der Waals surface area contributed by atoms with Crippen LogP contribution in [0.15, 0.2) is 4.47 Å². The van der Waals surface area contributed by atoms with E-state index in [2.05, 4.69) is 35.1 Å². The number of hydrogen-bond acceptors (Lipinski definition) is 3. The molecule has 1 N–H and O–H groups in total. The monoisotopic (exact) mass is 337 g/mol. The van der Waals surface area contributed by atoms with Crippen molar-refractivity contribution in [2.24, 2.45) is 0 Å². The molecule has 0 aliphatic carbocycles. The Hall–Kier alpha value is -0.740. The van der Waals surface area contributed by atoms with Crippen molar-refractivity contribution in [1.82, 2.24) is 5.32 Å². The second-order valence-electron chi connectivity index (χ2n) is 6.26. The standard InChI is InChI=1S/C16H20BrNO2/c1-8-6-10-13(12-4-3-5-18-12)15-11(7-9(2)19-15)14(17)16(10)20-8/h8-9,12,18H,3-7H2,1-2H3. The summed E-state index contributed by atoms with van der Waals surface area (Å²) < 4.78 is 13.4. The first kappa shape index (κ1) is 13.0. The summed E-state index contributed by atoms with van der Waals surface area (Å²) >= 11 is 3.76. The quantitative estimate of drug-likeness (QED) is 0.850. The highest BCUT2D eigenvalue weighted by Crippen LogP contribution is 2.52. The maximum Gasteiger partial charge on any atom is 0.138 e. The molecule has 1 fully saturated rings. The highest BCUT2D eigenvalue weighted by Gasteiger charge is 2.37. The van der Waals surface area contributed by atoms with E-state index in [0.29, 0.717) is 6.04 Å². The van der Waals surface area contributed by atoms with Crippen molar-refractivity contribution in [3.8, 4) is 11.5 Å². The van der Waals surface area contributed by atoms with E-state index in [-0.39, 0.29) is 12.2 Å². The number of benzene rings is 1. The zero-order valence-corrected chi connectivity index (χ0v) is 13.5. The molecule has 3 unspecified atom stereocenters. The lowest BCUT2D eigenvalue weighted by molar-refractivity contribution is 0.250. The van der Waals surface area contributed by atoms with Crippen molar-refractivity contribution in [3.63, 3.8) is 0 Å². The van der Waals surface area contributed by atoms with Gasteiger partial charge < -0.3 is 14.8 Å². The zero-order valence-electron chi connectivity index (χ0n) is 12.0. The third kappa shape index (κ3) is 1.81. The van der Waals surface area contributed by atoms with E-state index in [9.17, 15) is 0 Å². The van der Waals surface area contributed by atoms with Crippen LogP contribution in [0.5, 0.6) is 11.5 Å². The van der Waals surface area contributed by atoms with Crippen molar-refractivity contribution in [2.45, 2.75) is 57.8 Å². The van der Waals surface area contributed by atoms with Gasteiger partial charge in [0.2, 0.25) is 0 Å². The zero-order chi connectivity index (χ0) is 13.9. The molecular weight excluding hydrogens is 318 g/mol. The van der Waals surface area contributed by atoms with Crippen LogP contribution in [0.1, 0.15) is 49.4 Å². The second kappa shape index (κ2) is 4.63. The predicted octanol–water partition coefficient (Wildman–Crippen LogP) is 3.52. The van der Waals surface area contributed by atoms with Crippen molar-refractivity contribution in [1.29, 1.82) is 0 Å². The number of fused-ring (bicyclic) bond motifs is 2. The Kier molecular flexibility index (Phi) is 3.00. The summed E-state index contributed by atoms with van der Waals surface area (Å²) in [5, 5.41) is 3.63. The predicted molar refractivity (Wildman–Crippen MR) is 81.7 cm³/mol. The molecule has 108 valence electrons. The third-order valence-corrected chi connectivity index (χ3v) is 5.45. The molecule has 0 radical (unpaired) electrons. The number of nitrogens with one attached hydrogen (secondary N) is 1. The molecule has 0 amide bonds. The van der Waals surface area contributed by atoms with Crippen LogP contribution in [0, 0.1) is 0 Å². The smallest absolute Gasteiger partial charge is 0.138 e. The highest BCUT2D eigenvalue weighted by atomic mass is 79.9. The van der Waals surface area contributed by atoms with Crippen molar-refractivity contribution in [3.05, 3.63) is 21.2 Å². The fourth-order valence-electron chi connectivity index (χ4n) is 3.79. The van der Waals surface area contributed by atoms with E-state index in [0.717, 1.165) is 35.4 Å². The van der Waals surface area contributed by atoms with Gasteiger partial charge in [-0.2, -0.15) is 0 Å². The molecule has 0 aromatic heterocycles. The van der Waals surface area contributed by atoms with Crippen molar-refractivity contribution in [2.75, 3.05) is 6.54 Å². The Morgan fingerprint density at radius 1 is 1.05 bits per heavy atom. The lowest BCUT2D eigenvalue weighted by atomic mass is 9.92. The fourth-order valence-corrected chi connectivity index (χ4v) is 4.47. The molecule has 4 rings (SSSR count). The normalized spacial score (nSPS) is 30.9. The molecule has 4 heteroatoms. The first-order valence-electron chi connectivity index (χ1n) is 7.59. The van der Waals surface area contributed by atoms with E-state index in [1.165, 1.54) is 29.5 Å². The first-order chi connectivity index (χ1) is 9.65. The topological polar surface area (TPSA) is 30.5 Å². The highest BCUT2D eigenvalue weighted by molar-refractivity contribution is 9.10. The molecule has 1 aromatic carbocycles. The van der Waals surface area contributed by atoms with Crippen LogP contribution in [0.2, 0.25) is 0 Å². The van der Waals surface area contributed by atoms with Gasteiger partial charge in [0.25, 0.3) is 0 Å².